The molecule has 0 radical (unpaired) electrons. The van der Waals surface area contributed by atoms with Gasteiger partial charge in [0.2, 0.25) is 5.91 Å². The Hall–Kier alpha value is -0.620. The van der Waals surface area contributed by atoms with Crippen LogP contribution >= 0.6 is 0 Å². The summed E-state index contributed by atoms with van der Waals surface area (Å²) < 4.78 is 23.1. The quantitative estimate of drug-likeness (QED) is 0.778. The molecule has 1 saturated heterocycles. The van der Waals surface area contributed by atoms with Gasteiger partial charge in [-0.25, -0.2) is 8.42 Å². The van der Waals surface area contributed by atoms with Crippen LogP contribution in [0.15, 0.2) is 0 Å². The van der Waals surface area contributed by atoms with Gasteiger partial charge >= 0.3 is 0 Å². The number of hydrogen-bond acceptors (Lipinski definition) is 4. The topological polar surface area (TPSA) is 66.5 Å². The second kappa shape index (κ2) is 5.57. The predicted molar refractivity (Wildman–Crippen MR) is 72.0 cm³/mol. The molecule has 0 aromatic rings. The molecule has 1 rings (SSSR count). The van der Waals surface area contributed by atoms with Crippen molar-refractivity contribution >= 4 is 15.7 Å². The molecule has 2 atom stereocenters. The van der Waals surface area contributed by atoms with E-state index in [-0.39, 0.29) is 30.1 Å². The van der Waals surface area contributed by atoms with E-state index in [2.05, 4.69) is 5.32 Å². The van der Waals surface area contributed by atoms with Gasteiger partial charge in [0, 0.05) is 12.3 Å². The van der Waals surface area contributed by atoms with Crippen LogP contribution in [0.1, 0.15) is 40.5 Å². The summed E-state index contributed by atoms with van der Waals surface area (Å²) in [4.78, 5) is 14.0. The third-order valence-electron chi connectivity index (χ3n) is 3.77. The minimum atomic E-state index is -3.03. The van der Waals surface area contributed by atoms with Gasteiger partial charge < -0.3 is 4.90 Å². The van der Waals surface area contributed by atoms with Crippen LogP contribution in [0.3, 0.4) is 0 Å². The van der Waals surface area contributed by atoms with Crippen molar-refractivity contribution in [3.05, 3.63) is 0 Å². The Balaban J connectivity index is 2.78. The molecule has 1 fully saturated rings. The molecule has 1 aliphatic heterocycles. The zero-order valence-electron chi connectivity index (χ0n) is 11.7. The first-order chi connectivity index (χ1) is 8.29. The van der Waals surface area contributed by atoms with Gasteiger partial charge in [0.05, 0.1) is 17.5 Å². The highest BCUT2D eigenvalue weighted by atomic mass is 32.2. The molecular weight excluding hydrogens is 252 g/mol. The van der Waals surface area contributed by atoms with Crippen molar-refractivity contribution < 1.29 is 13.2 Å². The number of rotatable bonds is 6. The van der Waals surface area contributed by atoms with Crippen molar-refractivity contribution in [1.29, 1.82) is 0 Å². The van der Waals surface area contributed by atoms with Gasteiger partial charge in [-0.1, -0.05) is 20.8 Å². The lowest BCUT2D eigenvalue weighted by Gasteiger charge is -2.22. The van der Waals surface area contributed by atoms with Crippen molar-refractivity contribution in [3.63, 3.8) is 0 Å². The normalized spacial score (nSPS) is 29.0. The largest absolute Gasteiger partial charge is 0.325 e. The third kappa shape index (κ3) is 3.03. The Bertz CT molecular complexity index is 408. The van der Waals surface area contributed by atoms with E-state index in [4.69, 9.17) is 0 Å². The SMILES string of the molecule is CCC1NC(C)(CC)C(=O)N1CCS(=O)(=O)CC. The molecule has 1 aliphatic rings. The molecule has 0 spiro atoms. The zero-order valence-corrected chi connectivity index (χ0v) is 12.5. The van der Waals surface area contributed by atoms with Crippen molar-refractivity contribution in [3.8, 4) is 0 Å². The summed E-state index contributed by atoms with van der Waals surface area (Å²) in [5.41, 5.74) is -0.545. The van der Waals surface area contributed by atoms with Crippen molar-refractivity contribution in [2.45, 2.75) is 52.2 Å². The van der Waals surface area contributed by atoms with E-state index in [9.17, 15) is 13.2 Å². The monoisotopic (exact) mass is 276 g/mol. The van der Waals surface area contributed by atoms with Crippen LogP contribution in [0.2, 0.25) is 0 Å². The molecule has 0 aromatic heterocycles. The Morgan fingerprint density at radius 1 is 1.33 bits per heavy atom. The highest BCUT2D eigenvalue weighted by Crippen LogP contribution is 2.24. The first-order valence-electron chi connectivity index (χ1n) is 6.58. The average molecular weight is 276 g/mol. The number of hydrogen-bond donors (Lipinski definition) is 1. The van der Waals surface area contributed by atoms with Crippen LogP contribution in [-0.2, 0) is 14.6 Å². The van der Waals surface area contributed by atoms with E-state index in [0.29, 0.717) is 6.42 Å². The number of carbonyl (C=O) groups is 1. The van der Waals surface area contributed by atoms with E-state index < -0.39 is 15.4 Å². The minimum Gasteiger partial charge on any atom is -0.325 e. The van der Waals surface area contributed by atoms with E-state index in [1.54, 1.807) is 11.8 Å². The number of sulfone groups is 1. The molecule has 1 N–H and O–H groups in total. The lowest BCUT2D eigenvalue weighted by Crippen LogP contribution is -2.43. The molecule has 106 valence electrons. The maximum Gasteiger partial charge on any atom is 0.243 e. The number of nitrogens with zero attached hydrogens (tertiary/aromatic N) is 1. The van der Waals surface area contributed by atoms with E-state index in [1.807, 2.05) is 20.8 Å². The molecule has 1 heterocycles. The van der Waals surface area contributed by atoms with Crippen molar-refractivity contribution in [2.75, 3.05) is 18.1 Å². The minimum absolute atomic E-state index is 0.0168. The van der Waals surface area contributed by atoms with Crippen molar-refractivity contribution in [2.24, 2.45) is 0 Å². The molecule has 0 bridgehead atoms. The fraction of sp³-hybridized carbons (Fsp3) is 0.917. The van der Waals surface area contributed by atoms with Crippen LogP contribution in [0, 0.1) is 0 Å². The molecule has 18 heavy (non-hydrogen) atoms. The Kier molecular flexibility index (Phi) is 4.78. The first kappa shape index (κ1) is 15.4. The standard InChI is InChI=1S/C12H24N2O3S/c1-5-10-13-12(4,6-2)11(15)14(10)8-9-18(16,17)7-3/h10,13H,5-9H2,1-4H3. The summed E-state index contributed by atoms with van der Waals surface area (Å²) >= 11 is 0. The van der Waals surface area contributed by atoms with Gasteiger partial charge in [0.1, 0.15) is 0 Å². The first-order valence-corrected chi connectivity index (χ1v) is 8.41. The molecule has 6 heteroatoms. The zero-order chi connectivity index (χ0) is 14.0. The summed E-state index contributed by atoms with van der Waals surface area (Å²) in [6, 6.07) is 0. The maximum absolute atomic E-state index is 12.3. The lowest BCUT2D eigenvalue weighted by molar-refractivity contribution is -0.132. The molecule has 2 unspecified atom stereocenters. The number of carbonyl (C=O) groups excluding carboxylic acids is 1. The van der Waals surface area contributed by atoms with Crippen LogP contribution in [0.4, 0.5) is 0 Å². The molecule has 1 amide bonds. The third-order valence-corrected chi connectivity index (χ3v) is 5.46. The van der Waals surface area contributed by atoms with Gasteiger partial charge in [-0.3, -0.25) is 10.1 Å². The molecule has 0 aromatic carbocycles. The van der Waals surface area contributed by atoms with Crippen molar-refractivity contribution in [1.82, 2.24) is 10.2 Å². The molecular formula is C12H24N2O3S. The average Bonchev–Trinajstić information content (AvgIpc) is 2.60. The highest BCUT2D eigenvalue weighted by molar-refractivity contribution is 7.91. The molecule has 0 aliphatic carbocycles. The van der Waals surface area contributed by atoms with Gasteiger partial charge in [0.15, 0.2) is 9.84 Å². The summed E-state index contributed by atoms with van der Waals surface area (Å²) in [6.45, 7) is 7.76. The predicted octanol–water partition coefficient (Wildman–Crippen LogP) is 0.758. The highest BCUT2D eigenvalue weighted by Gasteiger charge is 2.45. The van der Waals surface area contributed by atoms with Crippen LogP contribution in [-0.4, -0.2) is 49.0 Å². The maximum atomic E-state index is 12.3. The van der Waals surface area contributed by atoms with Crippen LogP contribution in [0.5, 0.6) is 0 Å². The summed E-state index contributed by atoms with van der Waals surface area (Å²) in [6.07, 6.45) is 1.45. The molecule has 0 saturated carbocycles. The molecule has 5 nitrogen and oxygen atoms in total. The van der Waals surface area contributed by atoms with E-state index in [1.165, 1.54) is 0 Å². The summed E-state index contributed by atoms with van der Waals surface area (Å²) in [5, 5.41) is 3.30. The smallest absolute Gasteiger partial charge is 0.243 e. The summed E-state index contributed by atoms with van der Waals surface area (Å²) in [5.74, 6) is 0.195. The number of amides is 1. The van der Waals surface area contributed by atoms with Gasteiger partial charge in [0.25, 0.3) is 0 Å². The van der Waals surface area contributed by atoms with E-state index >= 15 is 0 Å². The van der Waals surface area contributed by atoms with Crippen LogP contribution < -0.4 is 5.32 Å². The van der Waals surface area contributed by atoms with E-state index in [0.717, 1.165) is 6.42 Å². The Morgan fingerprint density at radius 3 is 2.39 bits per heavy atom. The lowest BCUT2D eigenvalue weighted by atomic mass is 9.99. The van der Waals surface area contributed by atoms with Crippen LogP contribution in [0.25, 0.3) is 0 Å². The fourth-order valence-electron chi connectivity index (χ4n) is 2.18. The fourth-order valence-corrected chi connectivity index (χ4v) is 2.94. The van der Waals surface area contributed by atoms with Gasteiger partial charge in [-0.05, 0) is 19.8 Å². The second-order valence-corrected chi connectivity index (χ2v) is 7.46. The Morgan fingerprint density at radius 2 is 1.94 bits per heavy atom. The van der Waals surface area contributed by atoms with Gasteiger partial charge in [-0.15, -0.1) is 0 Å². The number of nitrogens with one attached hydrogen (secondary N) is 1. The Labute approximate surface area is 110 Å². The second-order valence-electron chi connectivity index (χ2n) is 4.99. The summed E-state index contributed by atoms with van der Waals surface area (Å²) in [7, 11) is -3.03. The van der Waals surface area contributed by atoms with Gasteiger partial charge in [-0.2, -0.15) is 0 Å².